The minimum absolute atomic E-state index is 0.266. The smallest absolute Gasteiger partial charge is 0.448 e. The van der Waals surface area contributed by atoms with Crippen molar-refractivity contribution in [1.29, 1.82) is 5.41 Å². The highest BCUT2D eigenvalue weighted by Crippen LogP contribution is 2.16. The third-order valence-electron chi connectivity index (χ3n) is 1.89. The predicted molar refractivity (Wildman–Crippen MR) is 59.1 cm³/mol. The van der Waals surface area contributed by atoms with Gasteiger partial charge in [0.15, 0.2) is 0 Å². The summed E-state index contributed by atoms with van der Waals surface area (Å²) in [4.78, 5) is 14.1. The van der Waals surface area contributed by atoms with Gasteiger partial charge in [0.25, 0.3) is 0 Å². The van der Waals surface area contributed by atoms with Gasteiger partial charge < -0.3 is 10.5 Å². The molecule has 0 fully saturated rings. The first-order chi connectivity index (χ1) is 7.74. The maximum atomic E-state index is 10.1. The van der Waals surface area contributed by atoms with Crippen LogP contribution in [0.25, 0.3) is 0 Å². The van der Waals surface area contributed by atoms with Crippen LogP contribution in [0, 0.1) is 5.41 Å². The first kappa shape index (κ1) is 11.9. The summed E-state index contributed by atoms with van der Waals surface area (Å²) >= 11 is 0. The Balaban J connectivity index is 2.71. The highest BCUT2D eigenvalue weighted by atomic mass is 16.7. The molecule has 0 heterocycles. The Labute approximate surface area is 92.9 Å². The molecule has 0 amide bonds. The number of hydrogen-bond acceptors (Lipinski definition) is 4. The molecule has 1 radical (unpaired) electrons. The SMILES string of the molecule is N=CCC([C]=NOC(=O)O)c1ccccc1. The van der Waals surface area contributed by atoms with Crippen LogP contribution < -0.4 is 0 Å². The van der Waals surface area contributed by atoms with Gasteiger partial charge in [0.1, 0.15) is 6.21 Å². The van der Waals surface area contributed by atoms with Crippen LogP contribution >= 0.6 is 0 Å². The lowest BCUT2D eigenvalue weighted by molar-refractivity contribution is 0.0951. The molecule has 1 atom stereocenters. The van der Waals surface area contributed by atoms with E-state index in [4.69, 9.17) is 10.5 Å². The number of benzene rings is 1. The van der Waals surface area contributed by atoms with Crippen molar-refractivity contribution < 1.29 is 14.7 Å². The van der Waals surface area contributed by atoms with E-state index in [1.165, 1.54) is 6.21 Å². The van der Waals surface area contributed by atoms with Crippen molar-refractivity contribution in [2.75, 3.05) is 0 Å². The lowest BCUT2D eigenvalue weighted by atomic mass is 9.98. The standard InChI is InChI=1S/C11H11N2O3/c12-7-6-10(8-13-16-11(14)15)9-4-2-1-3-5-9/h1-5,7,10,12H,6H2,(H,14,15). The molecule has 0 spiro atoms. The van der Waals surface area contributed by atoms with Crippen molar-refractivity contribution >= 4 is 18.6 Å². The molecule has 0 aliphatic carbocycles. The van der Waals surface area contributed by atoms with Gasteiger partial charge in [-0.3, -0.25) is 4.84 Å². The van der Waals surface area contributed by atoms with Crippen molar-refractivity contribution in [1.82, 2.24) is 0 Å². The molecule has 2 N–H and O–H groups in total. The van der Waals surface area contributed by atoms with Crippen molar-refractivity contribution in [2.45, 2.75) is 12.3 Å². The third kappa shape index (κ3) is 3.91. The normalized spacial score (nSPS) is 12.2. The fourth-order valence-corrected chi connectivity index (χ4v) is 1.20. The molecule has 1 aromatic rings. The molecule has 5 heteroatoms. The second-order valence-electron chi connectivity index (χ2n) is 2.98. The molecule has 1 rings (SSSR count). The van der Waals surface area contributed by atoms with E-state index in [0.29, 0.717) is 6.42 Å². The van der Waals surface area contributed by atoms with E-state index < -0.39 is 6.16 Å². The van der Waals surface area contributed by atoms with Gasteiger partial charge in [0, 0.05) is 5.92 Å². The highest BCUT2D eigenvalue weighted by Gasteiger charge is 2.08. The van der Waals surface area contributed by atoms with Gasteiger partial charge in [-0.05, 0) is 18.2 Å². The van der Waals surface area contributed by atoms with E-state index >= 15 is 0 Å². The molecule has 16 heavy (non-hydrogen) atoms. The molecular formula is C11H11N2O3. The summed E-state index contributed by atoms with van der Waals surface area (Å²) in [5, 5.41) is 18.5. The molecule has 1 aromatic carbocycles. The van der Waals surface area contributed by atoms with Gasteiger partial charge in [0.2, 0.25) is 0 Å². The average molecular weight is 219 g/mol. The molecule has 0 bridgehead atoms. The average Bonchev–Trinajstić information content (AvgIpc) is 2.29. The number of rotatable bonds is 5. The molecule has 83 valence electrons. The van der Waals surface area contributed by atoms with Gasteiger partial charge in [0.05, 0.1) is 0 Å². The minimum Gasteiger partial charge on any atom is -0.448 e. The Morgan fingerprint density at radius 2 is 2.25 bits per heavy atom. The molecule has 1 unspecified atom stereocenters. The summed E-state index contributed by atoms with van der Waals surface area (Å²) in [7, 11) is 0. The van der Waals surface area contributed by atoms with E-state index in [1.54, 1.807) is 0 Å². The second kappa shape index (κ2) is 6.34. The zero-order valence-electron chi connectivity index (χ0n) is 8.46. The number of carbonyl (C=O) groups is 1. The maximum absolute atomic E-state index is 10.1. The quantitative estimate of drug-likeness (QED) is 0.453. The molecule has 0 saturated carbocycles. The van der Waals surface area contributed by atoms with Crippen LogP contribution in [0.4, 0.5) is 4.79 Å². The largest absolute Gasteiger partial charge is 0.532 e. The summed E-state index contributed by atoms with van der Waals surface area (Å²) in [6, 6.07) is 9.29. The van der Waals surface area contributed by atoms with Gasteiger partial charge >= 0.3 is 6.16 Å². The first-order valence-corrected chi connectivity index (χ1v) is 4.63. The number of nitrogens with one attached hydrogen (secondary N) is 1. The van der Waals surface area contributed by atoms with E-state index in [1.807, 2.05) is 30.3 Å². The van der Waals surface area contributed by atoms with Crippen LogP contribution in [0.3, 0.4) is 0 Å². The minimum atomic E-state index is -1.48. The van der Waals surface area contributed by atoms with E-state index in [2.05, 4.69) is 16.2 Å². The van der Waals surface area contributed by atoms with E-state index in [-0.39, 0.29) is 5.92 Å². The van der Waals surface area contributed by atoms with Crippen LogP contribution in [-0.4, -0.2) is 23.7 Å². The number of hydrogen-bond donors (Lipinski definition) is 2. The molecule has 0 aliphatic heterocycles. The molecule has 5 nitrogen and oxygen atoms in total. The van der Waals surface area contributed by atoms with Crippen LogP contribution in [0.5, 0.6) is 0 Å². The molecule has 0 saturated heterocycles. The topological polar surface area (TPSA) is 82.7 Å². The molecular weight excluding hydrogens is 208 g/mol. The van der Waals surface area contributed by atoms with Gasteiger partial charge in [-0.25, -0.2) is 4.79 Å². The summed E-state index contributed by atoms with van der Waals surface area (Å²) in [5.74, 6) is -0.266. The fraction of sp³-hybridized carbons (Fsp3) is 0.182. The summed E-state index contributed by atoms with van der Waals surface area (Å²) < 4.78 is 0. The first-order valence-electron chi connectivity index (χ1n) is 4.63. The number of nitrogens with zero attached hydrogens (tertiary/aromatic N) is 1. The van der Waals surface area contributed by atoms with Crippen LogP contribution in [-0.2, 0) is 4.84 Å². The monoisotopic (exact) mass is 219 g/mol. The Hall–Kier alpha value is -2.17. The Morgan fingerprint density at radius 1 is 1.56 bits per heavy atom. The van der Waals surface area contributed by atoms with Crippen LogP contribution in [0.2, 0.25) is 0 Å². The van der Waals surface area contributed by atoms with Gasteiger partial charge in [-0.1, -0.05) is 35.5 Å². The van der Waals surface area contributed by atoms with Gasteiger partial charge in [-0.2, -0.15) is 0 Å². The number of carboxylic acid groups (broad SMARTS) is 1. The fourth-order valence-electron chi connectivity index (χ4n) is 1.20. The summed E-state index contributed by atoms with van der Waals surface area (Å²) in [6.07, 6.45) is 2.68. The zero-order chi connectivity index (χ0) is 11.8. The van der Waals surface area contributed by atoms with E-state index in [0.717, 1.165) is 5.56 Å². The summed E-state index contributed by atoms with van der Waals surface area (Å²) in [6.45, 7) is 0. The Morgan fingerprint density at radius 3 is 2.81 bits per heavy atom. The predicted octanol–water partition coefficient (Wildman–Crippen LogP) is 2.37. The zero-order valence-corrected chi connectivity index (χ0v) is 8.46. The van der Waals surface area contributed by atoms with Crippen LogP contribution in [0.1, 0.15) is 17.9 Å². The Bertz CT molecular complexity index is 376. The maximum Gasteiger partial charge on any atom is 0.532 e. The van der Waals surface area contributed by atoms with Crippen molar-refractivity contribution in [3.05, 3.63) is 35.9 Å². The van der Waals surface area contributed by atoms with E-state index in [9.17, 15) is 4.79 Å². The third-order valence-corrected chi connectivity index (χ3v) is 1.89. The highest BCUT2D eigenvalue weighted by molar-refractivity contribution is 5.73. The molecule has 0 aromatic heterocycles. The van der Waals surface area contributed by atoms with Crippen molar-refractivity contribution in [3.8, 4) is 0 Å². The van der Waals surface area contributed by atoms with Gasteiger partial charge in [-0.15, -0.1) is 0 Å². The van der Waals surface area contributed by atoms with Crippen LogP contribution in [0.15, 0.2) is 35.5 Å². The molecule has 0 aliphatic rings. The Kier molecular flexibility index (Phi) is 4.72. The summed E-state index contributed by atoms with van der Waals surface area (Å²) in [5.41, 5.74) is 0.906. The lowest BCUT2D eigenvalue weighted by Gasteiger charge is -2.07. The lowest BCUT2D eigenvalue weighted by Crippen LogP contribution is -2.02. The second-order valence-corrected chi connectivity index (χ2v) is 2.98. The van der Waals surface area contributed by atoms with Crippen molar-refractivity contribution in [3.63, 3.8) is 0 Å². The van der Waals surface area contributed by atoms with Crippen molar-refractivity contribution in [2.24, 2.45) is 5.16 Å².